The summed E-state index contributed by atoms with van der Waals surface area (Å²) in [5.74, 6) is 0.221. The van der Waals surface area contributed by atoms with E-state index >= 15 is 0 Å². The highest BCUT2D eigenvalue weighted by molar-refractivity contribution is 5.93. The highest BCUT2D eigenvalue weighted by Gasteiger charge is 2.16. The summed E-state index contributed by atoms with van der Waals surface area (Å²) in [5.41, 5.74) is 14.0. The molecule has 0 spiro atoms. The molecule has 0 aliphatic rings. The van der Waals surface area contributed by atoms with Crippen LogP contribution in [0.15, 0.2) is 65.2 Å². The third kappa shape index (κ3) is 3.23. The minimum absolute atomic E-state index is 0.175. The van der Waals surface area contributed by atoms with Gasteiger partial charge in [-0.15, -0.1) is 10.2 Å². The van der Waals surface area contributed by atoms with Gasteiger partial charge in [0.15, 0.2) is 11.5 Å². The first-order valence-electron chi connectivity index (χ1n) is 8.04. The SMILES string of the molecule is NC(=O)c1ccc(-c2cnc(N)c(-c3nnc(-c4ccccc4)o3)n2)cc1. The number of nitrogens with zero attached hydrogens (tertiary/aromatic N) is 4. The summed E-state index contributed by atoms with van der Waals surface area (Å²) in [6.45, 7) is 0. The second kappa shape index (κ2) is 6.68. The van der Waals surface area contributed by atoms with Crippen molar-refractivity contribution >= 4 is 11.7 Å². The van der Waals surface area contributed by atoms with Gasteiger partial charge in [0.25, 0.3) is 5.89 Å². The van der Waals surface area contributed by atoms with Gasteiger partial charge in [0.2, 0.25) is 11.8 Å². The first kappa shape index (κ1) is 16.4. The zero-order valence-corrected chi connectivity index (χ0v) is 14.0. The lowest BCUT2D eigenvalue weighted by Crippen LogP contribution is -2.10. The lowest BCUT2D eigenvalue weighted by atomic mass is 10.1. The minimum Gasteiger partial charge on any atom is -0.414 e. The molecule has 8 heteroatoms. The van der Waals surface area contributed by atoms with Gasteiger partial charge in [-0.3, -0.25) is 4.79 Å². The molecule has 0 aliphatic heterocycles. The van der Waals surface area contributed by atoms with Crippen molar-refractivity contribution in [1.82, 2.24) is 20.2 Å². The number of hydrogen-bond donors (Lipinski definition) is 2. The van der Waals surface area contributed by atoms with Gasteiger partial charge in [-0.05, 0) is 24.3 Å². The van der Waals surface area contributed by atoms with E-state index in [4.69, 9.17) is 15.9 Å². The fourth-order valence-corrected chi connectivity index (χ4v) is 2.52. The molecule has 1 amide bonds. The number of carbonyl (C=O) groups is 1. The van der Waals surface area contributed by atoms with Crippen molar-refractivity contribution in [3.05, 3.63) is 66.4 Å². The van der Waals surface area contributed by atoms with E-state index in [0.29, 0.717) is 22.8 Å². The van der Waals surface area contributed by atoms with E-state index in [0.717, 1.165) is 11.1 Å². The van der Waals surface area contributed by atoms with Crippen LogP contribution in [0.5, 0.6) is 0 Å². The average Bonchev–Trinajstić information content (AvgIpc) is 3.19. The molecule has 0 fully saturated rings. The number of nitrogens with two attached hydrogens (primary N) is 2. The van der Waals surface area contributed by atoms with Crippen molar-refractivity contribution in [2.75, 3.05) is 5.73 Å². The van der Waals surface area contributed by atoms with E-state index in [1.807, 2.05) is 30.3 Å². The van der Waals surface area contributed by atoms with Crippen molar-refractivity contribution < 1.29 is 9.21 Å². The molecule has 2 heterocycles. The smallest absolute Gasteiger partial charge is 0.270 e. The molecule has 0 bridgehead atoms. The summed E-state index contributed by atoms with van der Waals surface area (Å²) in [7, 11) is 0. The van der Waals surface area contributed by atoms with E-state index in [9.17, 15) is 4.79 Å². The Bertz CT molecular complexity index is 1110. The van der Waals surface area contributed by atoms with E-state index < -0.39 is 5.91 Å². The number of amides is 1. The third-order valence-corrected chi connectivity index (χ3v) is 3.91. The monoisotopic (exact) mass is 358 g/mol. The van der Waals surface area contributed by atoms with E-state index in [1.54, 1.807) is 24.3 Å². The van der Waals surface area contributed by atoms with Crippen LogP contribution in [0.3, 0.4) is 0 Å². The summed E-state index contributed by atoms with van der Waals surface area (Å²) >= 11 is 0. The van der Waals surface area contributed by atoms with Gasteiger partial charge in [-0.25, -0.2) is 9.97 Å². The van der Waals surface area contributed by atoms with Gasteiger partial charge >= 0.3 is 0 Å². The Morgan fingerprint density at radius 2 is 1.59 bits per heavy atom. The fourth-order valence-electron chi connectivity index (χ4n) is 2.52. The predicted molar refractivity (Wildman–Crippen MR) is 99.1 cm³/mol. The second-order valence-corrected chi connectivity index (χ2v) is 5.71. The molecular formula is C19H14N6O2. The number of anilines is 1. The molecule has 0 saturated carbocycles. The Labute approximate surface area is 153 Å². The first-order valence-corrected chi connectivity index (χ1v) is 8.04. The molecule has 132 valence electrons. The fraction of sp³-hybridized carbons (Fsp3) is 0. The largest absolute Gasteiger partial charge is 0.414 e. The van der Waals surface area contributed by atoms with Crippen LogP contribution in [0.1, 0.15) is 10.4 Å². The van der Waals surface area contributed by atoms with Gasteiger partial charge in [-0.1, -0.05) is 30.3 Å². The van der Waals surface area contributed by atoms with E-state index in [-0.39, 0.29) is 11.7 Å². The van der Waals surface area contributed by atoms with Crippen molar-refractivity contribution in [2.45, 2.75) is 0 Å². The number of aromatic nitrogens is 4. The Morgan fingerprint density at radius 3 is 2.30 bits per heavy atom. The molecule has 0 radical (unpaired) electrons. The highest BCUT2D eigenvalue weighted by Crippen LogP contribution is 2.27. The van der Waals surface area contributed by atoms with Crippen molar-refractivity contribution in [2.24, 2.45) is 5.73 Å². The molecule has 4 rings (SSSR count). The lowest BCUT2D eigenvalue weighted by Gasteiger charge is -2.05. The molecule has 2 aromatic heterocycles. The molecule has 27 heavy (non-hydrogen) atoms. The first-order chi connectivity index (χ1) is 13.1. The van der Waals surface area contributed by atoms with Crippen LogP contribution in [0.25, 0.3) is 34.3 Å². The quantitative estimate of drug-likeness (QED) is 0.572. The molecule has 2 aromatic carbocycles. The average molecular weight is 358 g/mol. The number of rotatable bonds is 4. The van der Waals surface area contributed by atoms with Crippen LogP contribution >= 0.6 is 0 Å². The van der Waals surface area contributed by atoms with E-state index in [1.165, 1.54) is 6.20 Å². The maximum Gasteiger partial charge on any atom is 0.270 e. The molecular weight excluding hydrogens is 344 g/mol. The van der Waals surface area contributed by atoms with Crippen molar-refractivity contribution in [3.8, 4) is 34.3 Å². The van der Waals surface area contributed by atoms with E-state index in [2.05, 4.69) is 20.2 Å². The number of carbonyl (C=O) groups excluding carboxylic acids is 1. The Hall–Kier alpha value is -4.07. The maximum atomic E-state index is 11.2. The van der Waals surface area contributed by atoms with Crippen LogP contribution in [0.4, 0.5) is 5.82 Å². The van der Waals surface area contributed by atoms with Gasteiger partial charge in [0, 0.05) is 16.7 Å². The van der Waals surface area contributed by atoms with Crippen LogP contribution in [-0.4, -0.2) is 26.1 Å². The molecule has 4 aromatic rings. The van der Waals surface area contributed by atoms with Crippen molar-refractivity contribution in [3.63, 3.8) is 0 Å². The van der Waals surface area contributed by atoms with Crippen LogP contribution in [-0.2, 0) is 0 Å². The summed E-state index contributed by atoms with van der Waals surface area (Å²) in [6.07, 6.45) is 1.53. The predicted octanol–water partition coefficient (Wildman–Crippen LogP) is 2.54. The summed E-state index contributed by atoms with van der Waals surface area (Å²) in [6, 6.07) is 16.1. The Balaban J connectivity index is 1.71. The molecule has 0 aliphatic carbocycles. The zero-order valence-electron chi connectivity index (χ0n) is 14.0. The summed E-state index contributed by atoms with van der Waals surface area (Å²) in [5, 5.41) is 8.08. The normalized spacial score (nSPS) is 10.7. The highest BCUT2D eigenvalue weighted by atomic mass is 16.4. The van der Waals surface area contributed by atoms with Gasteiger partial charge < -0.3 is 15.9 Å². The van der Waals surface area contributed by atoms with Crippen LogP contribution < -0.4 is 11.5 Å². The van der Waals surface area contributed by atoms with Crippen LogP contribution in [0.2, 0.25) is 0 Å². The molecule has 0 saturated heterocycles. The molecule has 0 atom stereocenters. The Kier molecular flexibility index (Phi) is 4.06. The number of primary amides is 1. The second-order valence-electron chi connectivity index (χ2n) is 5.71. The standard InChI is InChI=1S/C19H14N6O2/c20-16-15(19-25-24-18(27-19)13-4-2-1-3-5-13)23-14(10-22-16)11-6-8-12(9-7-11)17(21)26/h1-10H,(H2,20,22)(H2,21,26). The number of nitrogen functional groups attached to an aromatic ring is 1. The summed E-state index contributed by atoms with van der Waals surface area (Å²) in [4.78, 5) is 19.9. The molecule has 4 N–H and O–H groups in total. The minimum atomic E-state index is -0.495. The topological polar surface area (TPSA) is 134 Å². The van der Waals surface area contributed by atoms with Crippen LogP contribution in [0, 0.1) is 0 Å². The Morgan fingerprint density at radius 1 is 0.889 bits per heavy atom. The van der Waals surface area contributed by atoms with Gasteiger partial charge in [0.1, 0.15) is 0 Å². The third-order valence-electron chi connectivity index (χ3n) is 3.91. The van der Waals surface area contributed by atoms with Crippen molar-refractivity contribution in [1.29, 1.82) is 0 Å². The molecule has 0 unspecified atom stereocenters. The van der Waals surface area contributed by atoms with Gasteiger partial charge in [0.05, 0.1) is 11.9 Å². The maximum absolute atomic E-state index is 11.2. The molecule has 8 nitrogen and oxygen atoms in total. The number of hydrogen-bond acceptors (Lipinski definition) is 7. The summed E-state index contributed by atoms with van der Waals surface area (Å²) < 4.78 is 5.71. The lowest BCUT2D eigenvalue weighted by molar-refractivity contribution is 0.100. The van der Waals surface area contributed by atoms with Gasteiger partial charge in [-0.2, -0.15) is 0 Å². The zero-order chi connectivity index (χ0) is 18.8. The number of benzene rings is 2.